The van der Waals surface area contributed by atoms with Crippen molar-refractivity contribution in [3.8, 4) is 5.75 Å². The fourth-order valence-electron chi connectivity index (χ4n) is 3.53. The van der Waals surface area contributed by atoms with Crippen LogP contribution in [-0.2, 0) is 24.2 Å². The lowest BCUT2D eigenvalue weighted by Crippen LogP contribution is -2.38. The number of nitrogens with one attached hydrogen (secondary N) is 2. The van der Waals surface area contributed by atoms with Crippen LogP contribution in [0.4, 0.5) is 0 Å². The number of hydrogen-bond acceptors (Lipinski definition) is 4. The number of aromatic hydroxyl groups is 1. The van der Waals surface area contributed by atoms with Gasteiger partial charge in [0.25, 0.3) is 0 Å². The van der Waals surface area contributed by atoms with Crippen LogP contribution in [0.2, 0.25) is 0 Å². The van der Waals surface area contributed by atoms with Gasteiger partial charge in [-0.2, -0.15) is 0 Å². The fraction of sp³-hybridized carbons (Fsp3) is 0.458. The Balaban J connectivity index is 0.00000341. The molecule has 2 aromatic rings. The molecule has 1 aliphatic heterocycles. The Morgan fingerprint density at radius 3 is 2.45 bits per heavy atom. The minimum Gasteiger partial charge on any atom is -0.508 e. The molecule has 0 aliphatic carbocycles. The van der Waals surface area contributed by atoms with E-state index in [0.29, 0.717) is 12.3 Å². The van der Waals surface area contributed by atoms with Gasteiger partial charge in [0.1, 0.15) is 5.75 Å². The summed E-state index contributed by atoms with van der Waals surface area (Å²) in [5.74, 6) is 1.16. The smallest absolute Gasteiger partial charge is 0.191 e. The van der Waals surface area contributed by atoms with Gasteiger partial charge in [0.2, 0.25) is 0 Å². The Morgan fingerprint density at radius 2 is 1.74 bits per heavy atom. The van der Waals surface area contributed by atoms with Gasteiger partial charge in [-0.25, -0.2) is 4.99 Å². The third-order valence-corrected chi connectivity index (χ3v) is 5.24. The average Bonchev–Trinajstić information content (AvgIpc) is 2.78. The normalized spacial score (nSPS) is 14.7. The first-order valence-corrected chi connectivity index (χ1v) is 10.9. The summed E-state index contributed by atoms with van der Waals surface area (Å²) in [5, 5.41) is 16.2. The second-order valence-corrected chi connectivity index (χ2v) is 7.55. The van der Waals surface area contributed by atoms with E-state index in [1.807, 2.05) is 12.1 Å². The molecule has 2 aromatic carbocycles. The molecular weight excluding hydrogens is 503 g/mol. The summed E-state index contributed by atoms with van der Waals surface area (Å²) in [4.78, 5) is 7.26. The van der Waals surface area contributed by atoms with E-state index in [-0.39, 0.29) is 24.0 Å². The van der Waals surface area contributed by atoms with Gasteiger partial charge in [-0.15, -0.1) is 24.0 Å². The van der Waals surface area contributed by atoms with Crippen molar-refractivity contribution >= 4 is 29.9 Å². The fourth-order valence-corrected chi connectivity index (χ4v) is 3.53. The number of aliphatic imine (C=N–C) groups is 1. The van der Waals surface area contributed by atoms with E-state index < -0.39 is 0 Å². The maximum Gasteiger partial charge on any atom is 0.191 e. The highest BCUT2D eigenvalue weighted by molar-refractivity contribution is 14.0. The van der Waals surface area contributed by atoms with Crippen LogP contribution < -0.4 is 10.6 Å². The van der Waals surface area contributed by atoms with Gasteiger partial charge in [-0.05, 0) is 48.6 Å². The maximum absolute atomic E-state index is 9.38. The number of hydrogen-bond donors (Lipinski definition) is 3. The van der Waals surface area contributed by atoms with Crippen LogP contribution in [0.1, 0.15) is 30.0 Å². The molecule has 0 saturated carbocycles. The van der Waals surface area contributed by atoms with Gasteiger partial charge in [-0.3, -0.25) is 4.90 Å². The minimum atomic E-state index is 0. The van der Waals surface area contributed by atoms with Crippen LogP contribution in [0.5, 0.6) is 5.75 Å². The molecule has 0 unspecified atom stereocenters. The van der Waals surface area contributed by atoms with Crippen LogP contribution in [-0.4, -0.2) is 55.4 Å². The molecule has 0 bridgehead atoms. The third-order valence-electron chi connectivity index (χ3n) is 5.24. The second-order valence-electron chi connectivity index (χ2n) is 7.55. The first-order chi connectivity index (χ1) is 14.7. The van der Waals surface area contributed by atoms with Crippen molar-refractivity contribution in [1.29, 1.82) is 0 Å². The van der Waals surface area contributed by atoms with E-state index >= 15 is 0 Å². The van der Waals surface area contributed by atoms with Gasteiger partial charge < -0.3 is 20.5 Å². The number of halogens is 1. The molecule has 0 spiro atoms. The number of benzene rings is 2. The number of nitrogens with zero attached hydrogens (tertiary/aromatic N) is 2. The van der Waals surface area contributed by atoms with Crippen LogP contribution in [0.25, 0.3) is 0 Å². The van der Waals surface area contributed by atoms with E-state index in [2.05, 4.69) is 46.7 Å². The molecule has 7 heteroatoms. The Hall–Kier alpha value is -1.84. The molecule has 3 rings (SSSR count). The zero-order valence-corrected chi connectivity index (χ0v) is 20.7. The van der Waals surface area contributed by atoms with Crippen molar-refractivity contribution in [3.05, 3.63) is 65.2 Å². The lowest BCUT2D eigenvalue weighted by Gasteiger charge is -2.27. The molecule has 6 nitrogen and oxygen atoms in total. The molecule has 1 saturated heterocycles. The minimum absolute atomic E-state index is 0. The zero-order valence-electron chi connectivity index (χ0n) is 18.3. The molecule has 3 N–H and O–H groups in total. The molecule has 0 amide bonds. The molecule has 1 fully saturated rings. The second kappa shape index (κ2) is 14.3. The molecule has 170 valence electrons. The molecule has 1 heterocycles. The Morgan fingerprint density at radius 1 is 1.03 bits per heavy atom. The van der Waals surface area contributed by atoms with E-state index in [0.717, 1.165) is 64.7 Å². The van der Waals surface area contributed by atoms with Crippen LogP contribution >= 0.6 is 24.0 Å². The highest BCUT2D eigenvalue weighted by Crippen LogP contribution is 2.14. The topological polar surface area (TPSA) is 69.1 Å². The number of phenolic OH excluding ortho intramolecular Hbond substituents is 1. The van der Waals surface area contributed by atoms with E-state index in [9.17, 15) is 5.11 Å². The molecular formula is C24H35IN4O2. The zero-order chi connectivity index (χ0) is 21.0. The predicted octanol–water partition coefficient (Wildman–Crippen LogP) is 3.53. The Bertz CT molecular complexity index is 792. The van der Waals surface area contributed by atoms with Gasteiger partial charge in [0, 0.05) is 32.7 Å². The van der Waals surface area contributed by atoms with Gasteiger partial charge >= 0.3 is 0 Å². The summed E-state index contributed by atoms with van der Waals surface area (Å²) in [5.41, 5.74) is 3.84. The summed E-state index contributed by atoms with van der Waals surface area (Å²) >= 11 is 0. The number of ether oxygens (including phenoxy) is 1. The van der Waals surface area contributed by atoms with Crippen molar-refractivity contribution in [1.82, 2.24) is 15.5 Å². The van der Waals surface area contributed by atoms with Crippen molar-refractivity contribution in [2.75, 3.05) is 39.4 Å². The Labute approximate surface area is 203 Å². The molecule has 0 radical (unpaired) electrons. The number of aryl methyl sites for hydroxylation is 1. The molecule has 0 atom stereocenters. The molecule has 31 heavy (non-hydrogen) atoms. The van der Waals surface area contributed by atoms with Gasteiger partial charge in [-0.1, -0.05) is 36.4 Å². The third kappa shape index (κ3) is 9.04. The summed E-state index contributed by atoms with van der Waals surface area (Å²) in [6.45, 7) is 8.99. The van der Waals surface area contributed by atoms with Gasteiger partial charge in [0.15, 0.2) is 5.96 Å². The van der Waals surface area contributed by atoms with Crippen molar-refractivity contribution in [2.45, 2.75) is 32.9 Å². The monoisotopic (exact) mass is 538 g/mol. The van der Waals surface area contributed by atoms with E-state index in [4.69, 9.17) is 9.73 Å². The molecule has 1 aliphatic rings. The lowest BCUT2D eigenvalue weighted by molar-refractivity contribution is 0.0341. The highest BCUT2D eigenvalue weighted by Gasteiger charge is 2.12. The predicted molar refractivity (Wildman–Crippen MR) is 137 cm³/mol. The van der Waals surface area contributed by atoms with Crippen molar-refractivity contribution in [3.63, 3.8) is 0 Å². The Kier molecular flexibility index (Phi) is 11.7. The van der Waals surface area contributed by atoms with Crippen LogP contribution in [0, 0.1) is 0 Å². The van der Waals surface area contributed by atoms with E-state index in [1.54, 1.807) is 12.1 Å². The number of guanidine groups is 1. The SMILES string of the molecule is CCNC(=NCc1ccccc1CN1CCOCC1)NCCCc1ccc(O)cc1.I. The summed E-state index contributed by atoms with van der Waals surface area (Å²) in [6, 6.07) is 16.0. The first kappa shape index (κ1) is 25.4. The van der Waals surface area contributed by atoms with Gasteiger partial charge in [0.05, 0.1) is 19.8 Å². The number of rotatable bonds is 9. The summed E-state index contributed by atoms with van der Waals surface area (Å²) < 4.78 is 5.46. The van der Waals surface area contributed by atoms with E-state index in [1.165, 1.54) is 16.7 Å². The first-order valence-electron chi connectivity index (χ1n) is 10.9. The summed E-state index contributed by atoms with van der Waals surface area (Å²) in [6.07, 6.45) is 1.97. The van der Waals surface area contributed by atoms with Crippen molar-refractivity contribution in [2.24, 2.45) is 4.99 Å². The lowest BCUT2D eigenvalue weighted by atomic mass is 10.1. The largest absolute Gasteiger partial charge is 0.508 e. The van der Waals surface area contributed by atoms with Crippen LogP contribution in [0.15, 0.2) is 53.5 Å². The maximum atomic E-state index is 9.38. The number of phenols is 1. The average molecular weight is 538 g/mol. The quantitative estimate of drug-likeness (QED) is 0.197. The standard InChI is InChI=1S/C24H34N4O2.HI/c1-2-25-24(26-13-5-6-20-9-11-23(29)12-10-20)27-18-21-7-3-4-8-22(21)19-28-14-16-30-17-15-28;/h3-4,7-12,29H,2,5-6,13-19H2,1H3,(H2,25,26,27);1H. The summed E-state index contributed by atoms with van der Waals surface area (Å²) in [7, 11) is 0. The molecule has 0 aromatic heterocycles. The van der Waals surface area contributed by atoms with Crippen molar-refractivity contribution < 1.29 is 9.84 Å². The highest BCUT2D eigenvalue weighted by atomic mass is 127. The number of morpholine rings is 1. The van der Waals surface area contributed by atoms with Crippen LogP contribution in [0.3, 0.4) is 0 Å².